The van der Waals surface area contributed by atoms with E-state index in [0.717, 1.165) is 25.0 Å². The van der Waals surface area contributed by atoms with Crippen molar-refractivity contribution in [1.82, 2.24) is 5.32 Å². The Morgan fingerprint density at radius 2 is 2.26 bits per heavy atom. The number of ether oxygens (including phenoxy) is 1. The molecule has 1 atom stereocenters. The number of hydrogen-bond donors (Lipinski definition) is 1. The minimum atomic E-state index is -0.358. The van der Waals surface area contributed by atoms with Gasteiger partial charge < -0.3 is 10.1 Å². The van der Waals surface area contributed by atoms with Gasteiger partial charge in [-0.3, -0.25) is 0 Å². The smallest absolute Gasteiger partial charge is 0.124 e. The molecule has 1 aromatic carbocycles. The number of rotatable bonds is 3. The fourth-order valence-electron chi connectivity index (χ4n) is 2.49. The molecule has 0 aromatic heterocycles. The van der Waals surface area contributed by atoms with E-state index in [4.69, 9.17) is 10.00 Å². The van der Waals surface area contributed by atoms with Crippen molar-refractivity contribution < 1.29 is 9.13 Å². The Balaban J connectivity index is 1.95. The molecule has 0 amide bonds. The monoisotopic (exact) mass is 262 g/mol. The number of benzene rings is 1. The highest BCUT2D eigenvalue weighted by atomic mass is 19.1. The van der Waals surface area contributed by atoms with Gasteiger partial charge in [-0.05, 0) is 50.5 Å². The molecule has 102 valence electrons. The van der Waals surface area contributed by atoms with Crippen molar-refractivity contribution in [3.8, 4) is 6.07 Å². The average molecular weight is 262 g/mol. The van der Waals surface area contributed by atoms with Crippen LogP contribution in [0.5, 0.6) is 0 Å². The molecule has 1 heterocycles. The Hall–Kier alpha value is -1.44. The van der Waals surface area contributed by atoms with E-state index in [9.17, 15) is 4.39 Å². The van der Waals surface area contributed by atoms with Gasteiger partial charge in [-0.2, -0.15) is 5.26 Å². The van der Waals surface area contributed by atoms with Gasteiger partial charge in [0.15, 0.2) is 0 Å². The summed E-state index contributed by atoms with van der Waals surface area (Å²) < 4.78 is 19.0. The third-order valence-electron chi connectivity index (χ3n) is 3.38. The molecule has 0 radical (unpaired) electrons. The van der Waals surface area contributed by atoms with Crippen molar-refractivity contribution in [2.24, 2.45) is 0 Å². The molecule has 1 fully saturated rings. The van der Waals surface area contributed by atoms with Crippen LogP contribution in [0.4, 0.5) is 4.39 Å². The van der Waals surface area contributed by atoms with E-state index in [1.807, 2.05) is 6.07 Å². The minimum absolute atomic E-state index is 0.102. The van der Waals surface area contributed by atoms with Gasteiger partial charge in [0.1, 0.15) is 5.82 Å². The fraction of sp³-hybridized carbons (Fsp3) is 0.533. The highest BCUT2D eigenvalue weighted by Gasteiger charge is 2.28. The maximum atomic E-state index is 13.3. The quantitative estimate of drug-likeness (QED) is 0.911. The molecule has 0 bridgehead atoms. The van der Waals surface area contributed by atoms with Crippen LogP contribution in [0.25, 0.3) is 0 Å². The predicted octanol–water partition coefficient (Wildman–Crippen LogP) is 2.74. The number of nitriles is 1. The van der Waals surface area contributed by atoms with Gasteiger partial charge in [0.2, 0.25) is 0 Å². The van der Waals surface area contributed by atoms with Gasteiger partial charge in [-0.15, -0.1) is 0 Å². The zero-order valence-electron chi connectivity index (χ0n) is 11.4. The molecule has 3 nitrogen and oxygen atoms in total. The molecule has 2 rings (SSSR count). The van der Waals surface area contributed by atoms with Crippen LogP contribution in [0, 0.1) is 17.1 Å². The Morgan fingerprint density at radius 1 is 1.47 bits per heavy atom. The highest BCUT2D eigenvalue weighted by Crippen LogP contribution is 2.24. The van der Waals surface area contributed by atoms with E-state index in [1.165, 1.54) is 12.1 Å². The van der Waals surface area contributed by atoms with Crippen LogP contribution in [0.1, 0.15) is 37.8 Å². The molecule has 1 unspecified atom stereocenters. The fourth-order valence-corrected chi connectivity index (χ4v) is 2.49. The molecule has 0 saturated carbocycles. The normalized spacial score (nSPS) is 21.9. The van der Waals surface area contributed by atoms with Gasteiger partial charge in [0.05, 0.1) is 17.2 Å². The summed E-state index contributed by atoms with van der Waals surface area (Å²) in [5, 5.41) is 12.2. The lowest BCUT2D eigenvalue weighted by Crippen LogP contribution is -2.43. The molecule has 1 aromatic rings. The first kappa shape index (κ1) is 14.0. The van der Waals surface area contributed by atoms with E-state index >= 15 is 0 Å². The first-order chi connectivity index (χ1) is 8.98. The van der Waals surface area contributed by atoms with Crippen molar-refractivity contribution in [2.75, 3.05) is 6.61 Å². The summed E-state index contributed by atoms with van der Waals surface area (Å²) in [5.41, 5.74) is 1.07. The number of nitrogens with zero attached hydrogens (tertiary/aromatic N) is 1. The lowest BCUT2D eigenvalue weighted by atomic mass is 9.94. The summed E-state index contributed by atoms with van der Waals surface area (Å²) in [6.45, 7) is 5.48. The highest BCUT2D eigenvalue weighted by molar-refractivity contribution is 5.33. The molecule has 4 heteroatoms. The largest absolute Gasteiger partial charge is 0.375 e. The van der Waals surface area contributed by atoms with Crippen LogP contribution in [0.2, 0.25) is 0 Å². The summed E-state index contributed by atoms with van der Waals surface area (Å²) in [7, 11) is 0. The molecule has 0 spiro atoms. The maximum absolute atomic E-state index is 13.3. The maximum Gasteiger partial charge on any atom is 0.124 e. The molecule has 0 aliphatic carbocycles. The van der Waals surface area contributed by atoms with Crippen molar-refractivity contribution >= 4 is 0 Å². The van der Waals surface area contributed by atoms with Crippen molar-refractivity contribution in [2.45, 2.75) is 44.9 Å². The number of hydrogen-bond acceptors (Lipinski definition) is 3. The number of nitrogens with one attached hydrogen (secondary N) is 1. The Morgan fingerprint density at radius 3 is 2.95 bits per heavy atom. The molecular formula is C15H19FN2O. The van der Waals surface area contributed by atoms with Crippen molar-refractivity contribution in [3.63, 3.8) is 0 Å². The van der Waals surface area contributed by atoms with Gasteiger partial charge in [0, 0.05) is 19.2 Å². The van der Waals surface area contributed by atoms with Crippen molar-refractivity contribution in [3.05, 3.63) is 35.1 Å². The summed E-state index contributed by atoms with van der Waals surface area (Å²) >= 11 is 0. The predicted molar refractivity (Wildman–Crippen MR) is 71.0 cm³/mol. The first-order valence-electron chi connectivity index (χ1n) is 6.55. The van der Waals surface area contributed by atoms with Crippen LogP contribution in [0.3, 0.4) is 0 Å². The third-order valence-corrected chi connectivity index (χ3v) is 3.38. The molecule has 19 heavy (non-hydrogen) atoms. The lowest BCUT2D eigenvalue weighted by Gasteiger charge is -2.36. The molecule has 1 aliphatic heterocycles. The zero-order chi connectivity index (χ0) is 13.9. The lowest BCUT2D eigenvalue weighted by molar-refractivity contribution is -0.0630. The summed E-state index contributed by atoms with van der Waals surface area (Å²) in [6.07, 6.45) is 1.90. The van der Waals surface area contributed by atoms with Gasteiger partial charge in [-0.1, -0.05) is 0 Å². The van der Waals surface area contributed by atoms with Crippen LogP contribution in [-0.4, -0.2) is 18.2 Å². The Bertz CT molecular complexity index is 493. The first-order valence-corrected chi connectivity index (χ1v) is 6.55. The molecule has 1 N–H and O–H groups in total. The minimum Gasteiger partial charge on any atom is -0.375 e. The summed E-state index contributed by atoms with van der Waals surface area (Å²) in [4.78, 5) is 0. The van der Waals surface area contributed by atoms with E-state index < -0.39 is 0 Å². The second-order valence-corrected chi connectivity index (χ2v) is 5.64. The zero-order valence-corrected chi connectivity index (χ0v) is 11.4. The van der Waals surface area contributed by atoms with E-state index in [-0.39, 0.29) is 11.4 Å². The third kappa shape index (κ3) is 4.02. The van der Waals surface area contributed by atoms with E-state index in [0.29, 0.717) is 18.2 Å². The molecule has 1 saturated heterocycles. The van der Waals surface area contributed by atoms with E-state index in [1.54, 1.807) is 6.07 Å². The van der Waals surface area contributed by atoms with Gasteiger partial charge >= 0.3 is 0 Å². The summed E-state index contributed by atoms with van der Waals surface area (Å²) in [5.74, 6) is -0.358. The average Bonchev–Trinajstić information content (AvgIpc) is 2.34. The molecule has 1 aliphatic rings. The number of halogens is 1. The van der Waals surface area contributed by atoms with Gasteiger partial charge in [-0.25, -0.2) is 4.39 Å². The molecular weight excluding hydrogens is 243 g/mol. The summed E-state index contributed by atoms with van der Waals surface area (Å²) in [6, 6.07) is 6.79. The van der Waals surface area contributed by atoms with Crippen molar-refractivity contribution in [1.29, 1.82) is 5.26 Å². The topological polar surface area (TPSA) is 45.0 Å². The SMILES string of the molecule is CC1(C)CC(NCc2cc(F)cc(C#N)c2)CCO1. The van der Waals surface area contributed by atoms with Crippen LogP contribution < -0.4 is 5.32 Å². The van der Waals surface area contributed by atoms with Crippen LogP contribution in [0.15, 0.2) is 18.2 Å². The van der Waals surface area contributed by atoms with E-state index in [2.05, 4.69) is 19.2 Å². The Kier molecular flexibility index (Phi) is 4.18. The van der Waals surface area contributed by atoms with Crippen LogP contribution >= 0.6 is 0 Å². The second kappa shape index (κ2) is 5.68. The van der Waals surface area contributed by atoms with Gasteiger partial charge in [0.25, 0.3) is 0 Å². The standard InChI is InChI=1S/C15H19FN2O/c1-15(2)8-14(3-4-19-15)18-10-12-5-11(9-17)6-13(16)7-12/h5-7,14,18H,3-4,8,10H2,1-2H3. The Labute approximate surface area is 113 Å². The van der Waals surface area contributed by atoms with Crippen LogP contribution in [-0.2, 0) is 11.3 Å². The second-order valence-electron chi connectivity index (χ2n) is 5.64.